The predicted octanol–water partition coefficient (Wildman–Crippen LogP) is 2.15. The molecule has 102 valence electrons. The second-order valence-electron chi connectivity index (χ2n) is 4.51. The van der Waals surface area contributed by atoms with Crippen LogP contribution in [-0.4, -0.2) is 15.7 Å². The van der Waals surface area contributed by atoms with Crippen LogP contribution in [0.15, 0.2) is 35.8 Å². The number of nitrogens with one attached hydrogen (secondary N) is 1. The summed E-state index contributed by atoms with van der Waals surface area (Å²) in [4.78, 5) is 12.2. The molecule has 1 amide bonds. The Balaban J connectivity index is 1.78. The zero-order chi connectivity index (χ0) is 14.1. The van der Waals surface area contributed by atoms with E-state index in [0.29, 0.717) is 17.9 Å². The highest BCUT2D eigenvalue weighted by atomic mass is 32.1. The third-order valence-corrected chi connectivity index (χ3v) is 4.19. The monoisotopic (exact) mass is 286 g/mol. The molecule has 20 heavy (non-hydrogen) atoms. The lowest BCUT2D eigenvalue weighted by Crippen LogP contribution is -2.22. The van der Waals surface area contributed by atoms with Crippen LogP contribution in [0.4, 0.5) is 5.82 Å². The van der Waals surface area contributed by atoms with Crippen molar-refractivity contribution < 1.29 is 4.79 Å². The number of amides is 1. The molecule has 0 spiro atoms. The van der Waals surface area contributed by atoms with Crippen LogP contribution in [0.25, 0.3) is 10.1 Å². The minimum absolute atomic E-state index is 0.0919. The molecule has 2 heterocycles. The lowest BCUT2D eigenvalue weighted by molar-refractivity contribution is 0.0953. The maximum absolute atomic E-state index is 12.2. The average Bonchev–Trinajstić information content (AvgIpc) is 3.02. The summed E-state index contributed by atoms with van der Waals surface area (Å²) in [6.45, 7) is 0.378. The molecule has 5 nitrogen and oxygen atoms in total. The van der Waals surface area contributed by atoms with Gasteiger partial charge in [-0.1, -0.05) is 18.2 Å². The van der Waals surface area contributed by atoms with E-state index in [1.54, 1.807) is 29.3 Å². The first-order valence-electron chi connectivity index (χ1n) is 6.17. The summed E-state index contributed by atoms with van der Waals surface area (Å²) in [5, 5.41) is 9.79. The molecule has 1 aromatic carbocycles. The lowest BCUT2D eigenvalue weighted by atomic mass is 10.1. The van der Waals surface area contributed by atoms with Crippen LogP contribution in [0.3, 0.4) is 0 Å². The molecule has 0 saturated heterocycles. The van der Waals surface area contributed by atoms with Crippen LogP contribution in [0.2, 0.25) is 0 Å². The van der Waals surface area contributed by atoms with Gasteiger partial charge in [-0.15, -0.1) is 11.3 Å². The van der Waals surface area contributed by atoms with E-state index < -0.39 is 0 Å². The number of nitrogens with zero attached hydrogens (tertiary/aromatic N) is 2. The van der Waals surface area contributed by atoms with E-state index >= 15 is 0 Å². The zero-order valence-corrected chi connectivity index (χ0v) is 11.8. The number of thiophene rings is 1. The summed E-state index contributed by atoms with van der Waals surface area (Å²) >= 11 is 1.57. The van der Waals surface area contributed by atoms with Gasteiger partial charge < -0.3 is 11.1 Å². The van der Waals surface area contributed by atoms with Gasteiger partial charge in [-0.2, -0.15) is 5.10 Å². The number of carbonyl (C=O) groups excluding carboxylic acids is 1. The Kier molecular flexibility index (Phi) is 3.15. The van der Waals surface area contributed by atoms with Gasteiger partial charge in [0, 0.05) is 34.6 Å². The van der Waals surface area contributed by atoms with Crippen LogP contribution < -0.4 is 11.1 Å². The fourth-order valence-electron chi connectivity index (χ4n) is 2.05. The van der Waals surface area contributed by atoms with Gasteiger partial charge in [0.25, 0.3) is 5.91 Å². The Morgan fingerprint density at radius 3 is 3.00 bits per heavy atom. The van der Waals surface area contributed by atoms with E-state index in [1.165, 1.54) is 0 Å². The first-order chi connectivity index (χ1) is 9.66. The van der Waals surface area contributed by atoms with E-state index in [-0.39, 0.29) is 5.91 Å². The van der Waals surface area contributed by atoms with Crippen molar-refractivity contribution in [1.29, 1.82) is 0 Å². The molecular formula is C14H14N4OS. The Labute approximate surface area is 120 Å². The standard InChI is InChI=1S/C14H14N4OS/c1-18-13(15)9(7-17-18)6-16-14(19)11-8-20-12-5-3-2-4-10(11)12/h2-5,7-8H,6,15H2,1H3,(H,16,19). The van der Waals surface area contributed by atoms with Gasteiger partial charge in [-0.25, -0.2) is 0 Å². The highest BCUT2D eigenvalue weighted by Crippen LogP contribution is 2.25. The molecule has 0 atom stereocenters. The number of carbonyl (C=O) groups is 1. The number of nitrogen functional groups attached to an aromatic ring is 1. The molecule has 3 N–H and O–H groups in total. The average molecular weight is 286 g/mol. The molecule has 0 aliphatic carbocycles. The molecular weight excluding hydrogens is 272 g/mol. The number of benzene rings is 1. The summed E-state index contributed by atoms with van der Waals surface area (Å²) in [6.07, 6.45) is 1.67. The van der Waals surface area contributed by atoms with E-state index in [2.05, 4.69) is 10.4 Å². The SMILES string of the molecule is Cn1ncc(CNC(=O)c2csc3ccccc23)c1N. The van der Waals surface area contributed by atoms with Gasteiger partial charge in [0.15, 0.2) is 0 Å². The predicted molar refractivity (Wildman–Crippen MR) is 80.6 cm³/mol. The summed E-state index contributed by atoms with van der Waals surface area (Å²) in [7, 11) is 1.77. The number of fused-ring (bicyclic) bond motifs is 1. The Morgan fingerprint density at radius 1 is 1.45 bits per heavy atom. The number of hydrogen-bond donors (Lipinski definition) is 2. The second kappa shape index (κ2) is 4.97. The van der Waals surface area contributed by atoms with Gasteiger partial charge in [-0.05, 0) is 6.07 Å². The molecule has 6 heteroatoms. The summed E-state index contributed by atoms with van der Waals surface area (Å²) in [6, 6.07) is 7.87. The van der Waals surface area contributed by atoms with Crippen LogP contribution in [-0.2, 0) is 13.6 Å². The molecule has 0 fully saturated rings. The van der Waals surface area contributed by atoms with Crippen molar-refractivity contribution in [2.24, 2.45) is 7.05 Å². The minimum Gasteiger partial charge on any atom is -0.384 e. The molecule has 0 bridgehead atoms. The molecule has 0 radical (unpaired) electrons. The topological polar surface area (TPSA) is 72.9 Å². The Bertz CT molecular complexity index is 774. The molecule has 0 saturated carbocycles. The summed E-state index contributed by atoms with van der Waals surface area (Å²) in [5.74, 6) is 0.478. The van der Waals surface area contributed by atoms with Crippen molar-refractivity contribution in [3.63, 3.8) is 0 Å². The Morgan fingerprint density at radius 2 is 2.25 bits per heavy atom. The molecule has 3 aromatic rings. The number of anilines is 1. The Hall–Kier alpha value is -2.34. The van der Waals surface area contributed by atoms with Crippen LogP contribution in [0.1, 0.15) is 15.9 Å². The fourth-order valence-corrected chi connectivity index (χ4v) is 2.99. The summed E-state index contributed by atoms with van der Waals surface area (Å²) in [5.41, 5.74) is 7.37. The van der Waals surface area contributed by atoms with Gasteiger partial charge in [0.05, 0.1) is 11.8 Å². The van der Waals surface area contributed by atoms with Crippen LogP contribution >= 0.6 is 11.3 Å². The van der Waals surface area contributed by atoms with Gasteiger partial charge in [0.2, 0.25) is 0 Å². The van der Waals surface area contributed by atoms with Gasteiger partial charge in [0.1, 0.15) is 5.82 Å². The normalized spacial score (nSPS) is 10.8. The van der Waals surface area contributed by atoms with Crippen LogP contribution in [0.5, 0.6) is 0 Å². The second-order valence-corrected chi connectivity index (χ2v) is 5.42. The van der Waals surface area contributed by atoms with Gasteiger partial charge >= 0.3 is 0 Å². The number of rotatable bonds is 3. The maximum Gasteiger partial charge on any atom is 0.253 e. The van der Waals surface area contributed by atoms with Crippen LogP contribution in [0, 0.1) is 0 Å². The highest BCUT2D eigenvalue weighted by molar-refractivity contribution is 7.17. The zero-order valence-electron chi connectivity index (χ0n) is 11.0. The fraction of sp³-hybridized carbons (Fsp3) is 0.143. The summed E-state index contributed by atoms with van der Waals surface area (Å²) < 4.78 is 2.69. The number of hydrogen-bond acceptors (Lipinski definition) is 4. The molecule has 3 rings (SSSR count). The quantitative estimate of drug-likeness (QED) is 0.775. The van der Waals surface area contributed by atoms with Crippen molar-refractivity contribution in [3.8, 4) is 0 Å². The molecule has 0 aliphatic heterocycles. The maximum atomic E-state index is 12.2. The van der Waals surface area contributed by atoms with Crippen molar-refractivity contribution in [2.75, 3.05) is 5.73 Å². The van der Waals surface area contributed by atoms with E-state index in [4.69, 9.17) is 5.73 Å². The number of aromatic nitrogens is 2. The van der Waals surface area contributed by atoms with Crippen molar-refractivity contribution in [2.45, 2.75) is 6.54 Å². The molecule has 0 unspecified atom stereocenters. The van der Waals surface area contributed by atoms with Crippen molar-refractivity contribution in [1.82, 2.24) is 15.1 Å². The highest BCUT2D eigenvalue weighted by Gasteiger charge is 2.12. The molecule has 0 aliphatic rings. The first-order valence-corrected chi connectivity index (χ1v) is 7.05. The third-order valence-electron chi connectivity index (χ3n) is 3.23. The number of aryl methyl sites for hydroxylation is 1. The van der Waals surface area contributed by atoms with E-state index in [9.17, 15) is 4.79 Å². The van der Waals surface area contributed by atoms with E-state index in [0.717, 1.165) is 15.6 Å². The third kappa shape index (κ3) is 2.14. The smallest absolute Gasteiger partial charge is 0.253 e. The largest absolute Gasteiger partial charge is 0.384 e. The number of nitrogens with two attached hydrogens (primary N) is 1. The van der Waals surface area contributed by atoms with Gasteiger partial charge in [-0.3, -0.25) is 9.48 Å². The van der Waals surface area contributed by atoms with Crippen molar-refractivity contribution >= 4 is 33.1 Å². The van der Waals surface area contributed by atoms with E-state index in [1.807, 2.05) is 29.6 Å². The lowest BCUT2D eigenvalue weighted by Gasteiger charge is -2.04. The molecule has 2 aromatic heterocycles. The first kappa shape index (κ1) is 12.7. The minimum atomic E-state index is -0.0919. The van der Waals surface area contributed by atoms with Crippen molar-refractivity contribution in [3.05, 3.63) is 47.0 Å².